The lowest BCUT2D eigenvalue weighted by atomic mass is 9.95. The second-order valence-electron chi connectivity index (χ2n) is 12.8. The van der Waals surface area contributed by atoms with Gasteiger partial charge in [-0.25, -0.2) is 24.2 Å². The Hall–Kier alpha value is -3.49. The minimum atomic E-state index is -4.69. The summed E-state index contributed by atoms with van der Waals surface area (Å²) in [4.78, 5) is 52.3. The number of hydrogen-bond acceptors (Lipinski definition) is 7. The van der Waals surface area contributed by atoms with Crippen LogP contribution in [0.1, 0.15) is 60.4 Å². The molecular weight excluding hydrogens is 602 g/mol. The number of fused-ring (bicyclic) bond motifs is 1. The molecule has 1 saturated carbocycles. The molecule has 1 saturated heterocycles. The molecule has 238 valence electrons. The van der Waals surface area contributed by atoms with Crippen LogP contribution in [0.2, 0.25) is 5.02 Å². The molecule has 2 fully saturated rings. The number of rotatable bonds is 5. The maximum absolute atomic E-state index is 15.7. The Labute approximate surface area is 249 Å². The van der Waals surface area contributed by atoms with E-state index in [9.17, 15) is 32.3 Å². The average molecular weight is 636 g/mol. The Morgan fingerprint density at radius 3 is 2.12 bits per heavy atom. The van der Waals surface area contributed by atoms with E-state index in [0.717, 1.165) is 15.5 Å². The molecule has 1 aliphatic carbocycles. The van der Waals surface area contributed by atoms with Crippen LogP contribution in [0, 0.1) is 17.7 Å². The summed E-state index contributed by atoms with van der Waals surface area (Å²) < 4.78 is 69.6. The van der Waals surface area contributed by atoms with Gasteiger partial charge in [0.05, 0.1) is 27.5 Å². The molecule has 2 atom stereocenters. The second kappa shape index (κ2) is 11.2. The summed E-state index contributed by atoms with van der Waals surface area (Å²) in [6.45, 7) is 8.13. The molecule has 16 heteroatoms. The summed E-state index contributed by atoms with van der Waals surface area (Å²) in [7, 11) is 0. The van der Waals surface area contributed by atoms with Gasteiger partial charge in [0.2, 0.25) is 0 Å². The number of nitrogens with one attached hydrogen (secondary N) is 2. The number of ether oxygens (including phenoxy) is 2. The third-order valence-corrected chi connectivity index (χ3v) is 7.20. The number of alkyl halides is 3. The van der Waals surface area contributed by atoms with Crippen molar-refractivity contribution in [3.8, 4) is 0 Å². The Balaban J connectivity index is 1.75. The summed E-state index contributed by atoms with van der Waals surface area (Å²) in [5.41, 5.74) is -2.36. The van der Waals surface area contributed by atoms with Crippen molar-refractivity contribution in [1.82, 2.24) is 14.6 Å². The van der Waals surface area contributed by atoms with Crippen LogP contribution in [-0.2, 0) is 9.47 Å². The van der Waals surface area contributed by atoms with E-state index in [1.54, 1.807) is 41.5 Å². The van der Waals surface area contributed by atoms with Gasteiger partial charge in [-0.05, 0) is 60.5 Å². The van der Waals surface area contributed by atoms with E-state index in [0.29, 0.717) is 17.5 Å². The molecule has 2 heterocycles. The smallest absolute Gasteiger partial charge is 0.427 e. The predicted molar refractivity (Wildman–Crippen MR) is 151 cm³/mol. The first-order valence-electron chi connectivity index (χ1n) is 13.7. The molecule has 11 nitrogen and oxygen atoms in total. The zero-order valence-corrected chi connectivity index (χ0v) is 25.3. The fourth-order valence-corrected chi connectivity index (χ4v) is 5.42. The summed E-state index contributed by atoms with van der Waals surface area (Å²) in [5, 5.41) is 1.58. The third-order valence-electron chi connectivity index (χ3n) is 6.84. The summed E-state index contributed by atoms with van der Waals surface area (Å²) in [6, 6.07) is 0.352. The monoisotopic (exact) mass is 635 g/mol. The van der Waals surface area contributed by atoms with Crippen LogP contribution >= 0.6 is 11.6 Å². The van der Waals surface area contributed by atoms with Gasteiger partial charge in [0.15, 0.2) is 0 Å². The molecule has 1 aromatic heterocycles. The number of hydrogen-bond donors (Lipinski definition) is 2. The maximum Gasteiger partial charge on any atom is 0.427 e. The minimum Gasteiger partial charge on any atom is -0.444 e. The molecule has 0 spiro atoms. The van der Waals surface area contributed by atoms with Gasteiger partial charge >= 0.3 is 24.1 Å². The minimum absolute atomic E-state index is 0.156. The lowest BCUT2D eigenvalue weighted by Gasteiger charge is -2.24. The number of halogens is 5. The van der Waals surface area contributed by atoms with Crippen LogP contribution in [0.5, 0.6) is 0 Å². The highest BCUT2D eigenvalue weighted by atomic mass is 35.5. The van der Waals surface area contributed by atoms with E-state index in [-0.39, 0.29) is 17.4 Å². The molecule has 2 aliphatic rings. The van der Waals surface area contributed by atoms with Crippen LogP contribution in [0.15, 0.2) is 15.7 Å². The molecule has 0 unspecified atom stereocenters. The van der Waals surface area contributed by atoms with Crippen LogP contribution < -0.4 is 26.9 Å². The van der Waals surface area contributed by atoms with E-state index < -0.39 is 88.3 Å². The van der Waals surface area contributed by atoms with Gasteiger partial charge in [0.25, 0.3) is 5.56 Å². The summed E-state index contributed by atoms with van der Waals surface area (Å²) in [6.07, 6.45) is -5.65. The molecule has 4 rings (SSSR count). The molecule has 2 N–H and O–H groups in total. The van der Waals surface area contributed by atoms with Crippen molar-refractivity contribution in [2.45, 2.75) is 77.8 Å². The highest BCUT2D eigenvalue weighted by Gasteiger charge is 2.50. The number of aromatic nitrogens is 2. The van der Waals surface area contributed by atoms with E-state index in [2.05, 4.69) is 10.7 Å². The van der Waals surface area contributed by atoms with E-state index in [1.165, 1.54) is 0 Å². The van der Waals surface area contributed by atoms with E-state index >= 15 is 4.39 Å². The van der Waals surface area contributed by atoms with Crippen molar-refractivity contribution in [2.24, 2.45) is 11.8 Å². The lowest BCUT2D eigenvalue weighted by Crippen LogP contribution is -2.48. The quantitative estimate of drug-likeness (QED) is 0.448. The highest BCUT2D eigenvalue weighted by Crippen LogP contribution is 2.45. The first kappa shape index (κ1) is 32.4. The van der Waals surface area contributed by atoms with Gasteiger partial charge < -0.3 is 19.7 Å². The fraction of sp³-hybridized carbons (Fsp3) is 0.630. The first-order valence-corrected chi connectivity index (χ1v) is 14.0. The van der Waals surface area contributed by atoms with Gasteiger partial charge in [-0.15, -0.1) is 0 Å². The van der Waals surface area contributed by atoms with Gasteiger partial charge in [-0.2, -0.15) is 17.8 Å². The van der Waals surface area contributed by atoms with Gasteiger partial charge in [-0.3, -0.25) is 9.36 Å². The summed E-state index contributed by atoms with van der Waals surface area (Å²) >= 11 is 6.63. The number of amides is 2. The Kier molecular flexibility index (Phi) is 8.46. The zero-order chi connectivity index (χ0) is 32.2. The molecule has 2 amide bonds. The number of alkyl carbamates (subject to hydrolysis) is 1. The maximum atomic E-state index is 15.7. The van der Waals surface area contributed by atoms with Crippen LogP contribution in [-0.4, -0.2) is 58.4 Å². The zero-order valence-electron chi connectivity index (χ0n) is 24.5. The molecule has 0 radical (unpaired) electrons. The van der Waals surface area contributed by atoms with Crippen molar-refractivity contribution in [1.29, 1.82) is 0 Å². The van der Waals surface area contributed by atoms with Crippen LogP contribution in [0.25, 0.3) is 10.9 Å². The standard InChI is InChI=1S/C27H34ClF4N5O6/c1-25(2,3)42-22(39)33-10-13-11-35(12-16(13)27(30,31)32)20-17(29)9-15-19(18(20)28)36(14-7-8-14)24(41)37(21(15)38)34-23(40)43-26(4,5)6/h9,13-14,16H,7-8,10-12H2,1-6H3,(H,33,39)(H,34,40)/t13-,16-/m0/s1. The van der Waals surface area contributed by atoms with Crippen molar-refractivity contribution < 1.29 is 36.6 Å². The van der Waals surface area contributed by atoms with E-state index in [4.69, 9.17) is 21.1 Å². The van der Waals surface area contributed by atoms with Crippen molar-refractivity contribution in [3.63, 3.8) is 0 Å². The largest absolute Gasteiger partial charge is 0.444 e. The number of carbonyl (C=O) groups excluding carboxylic acids is 2. The number of carbonyl (C=O) groups is 2. The van der Waals surface area contributed by atoms with Gasteiger partial charge in [0.1, 0.15) is 17.0 Å². The van der Waals surface area contributed by atoms with Crippen molar-refractivity contribution in [2.75, 3.05) is 30.0 Å². The molecular formula is C27H34ClF4N5O6. The fourth-order valence-electron chi connectivity index (χ4n) is 5.02. The van der Waals surface area contributed by atoms with Crippen molar-refractivity contribution in [3.05, 3.63) is 37.7 Å². The van der Waals surface area contributed by atoms with E-state index in [1.807, 2.05) is 0 Å². The van der Waals surface area contributed by atoms with Crippen molar-refractivity contribution >= 4 is 40.4 Å². The Morgan fingerprint density at radius 2 is 1.58 bits per heavy atom. The number of benzene rings is 1. The molecule has 0 bridgehead atoms. The number of anilines is 1. The normalized spacial score (nSPS) is 19.5. The lowest BCUT2D eigenvalue weighted by molar-refractivity contribution is -0.178. The van der Waals surface area contributed by atoms with Crippen LogP contribution in [0.4, 0.5) is 32.8 Å². The van der Waals surface area contributed by atoms with Gasteiger partial charge in [0, 0.05) is 31.6 Å². The van der Waals surface area contributed by atoms with Crippen LogP contribution in [0.3, 0.4) is 0 Å². The Bertz CT molecular complexity index is 1560. The molecule has 2 aromatic rings. The van der Waals surface area contributed by atoms with Gasteiger partial charge in [-0.1, -0.05) is 11.6 Å². The SMILES string of the molecule is CC(C)(C)OC(=O)NC[C@H]1CN(c2c(F)cc3c(=O)n(NC(=O)OC(C)(C)C)c(=O)n(C4CC4)c3c2Cl)C[C@@H]1C(F)(F)F. The molecule has 43 heavy (non-hydrogen) atoms. The first-order chi connectivity index (χ1) is 19.7. The molecule has 1 aliphatic heterocycles. The Morgan fingerprint density at radius 1 is 1.00 bits per heavy atom. The predicted octanol–water partition coefficient (Wildman–Crippen LogP) is 4.91. The second-order valence-corrected chi connectivity index (χ2v) is 13.1. The third kappa shape index (κ3) is 7.19. The summed E-state index contributed by atoms with van der Waals surface area (Å²) in [5.74, 6) is -4.23. The number of nitrogens with zero attached hydrogens (tertiary/aromatic N) is 3. The topological polar surface area (TPSA) is 124 Å². The average Bonchev–Trinajstić information content (AvgIpc) is 3.57. The highest BCUT2D eigenvalue weighted by molar-refractivity contribution is 6.38. The molecule has 1 aromatic carbocycles.